The third-order valence-electron chi connectivity index (χ3n) is 7.36. The van der Waals surface area contributed by atoms with Gasteiger partial charge in [-0.3, -0.25) is 9.29 Å². The second kappa shape index (κ2) is 10.5. The molecule has 1 fully saturated rings. The molecule has 1 saturated heterocycles. The van der Waals surface area contributed by atoms with E-state index >= 15 is 0 Å². The Hall–Kier alpha value is -3.45. The molecule has 0 bridgehead atoms. The number of phenolic OH excluding ortho intramolecular Hbond substituents is 1. The Kier molecular flexibility index (Phi) is 7.15. The van der Waals surface area contributed by atoms with E-state index in [9.17, 15) is 18.3 Å². The highest BCUT2D eigenvalue weighted by Gasteiger charge is 2.32. The monoisotopic (exact) mass is 509 g/mol. The van der Waals surface area contributed by atoms with Gasteiger partial charge >= 0.3 is 0 Å². The highest BCUT2D eigenvalue weighted by atomic mass is 19.1. The van der Waals surface area contributed by atoms with Crippen LogP contribution in [0.3, 0.4) is 0 Å². The van der Waals surface area contributed by atoms with Gasteiger partial charge < -0.3 is 14.6 Å². The first-order valence-electron chi connectivity index (χ1n) is 12.5. The Morgan fingerprint density at radius 2 is 1.78 bits per heavy atom. The fourth-order valence-electron chi connectivity index (χ4n) is 5.19. The summed E-state index contributed by atoms with van der Waals surface area (Å²) in [4.78, 5) is 2.26. The first-order valence-corrected chi connectivity index (χ1v) is 12.5. The van der Waals surface area contributed by atoms with Crippen molar-refractivity contribution >= 4 is 11.1 Å². The van der Waals surface area contributed by atoms with E-state index in [1.54, 1.807) is 25.1 Å². The van der Waals surface area contributed by atoms with E-state index in [1.165, 1.54) is 18.2 Å². The van der Waals surface area contributed by atoms with E-state index < -0.39 is 17.7 Å². The fraction of sp³-hybridized carbons (Fsp3) is 0.333. The average Bonchev–Trinajstić information content (AvgIpc) is 3.40. The number of phenols is 1. The molecule has 3 atom stereocenters. The van der Waals surface area contributed by atoms with Crippen molar-refractivity contribution in [1.29, 1.82) is 0 Å². The standard InChI is InChI=1S/C30H30F3NO3/c1-18(34-14-13-20(15-31)16-34)17-36-24-9-5-22(6-10-24)30-27(21-3-7-23(32)8-4-21)19(2)28-26(37-30)12-11-25(35)29(28)33/h3-12,18,20,30,35H,13-17H2,1-2H3/t18-,20-,30-/m0/s1. The maximum atomic E-state index is 14.9. The molecule has 0 spiro atoms. The molecule has 7 heteroatoms. The number of hydrogen-bond donors (Lipinski definition) is 1. The molecule has 3 aromatic rings. The molecule has 37 heavy (non-hydrogen) atoms. The molecule has 2 aliphatic heterocycles. The number of likely N-dealkylation sites (tertiary alicyclic amines) is 1. The van der Waals surface area contributed by atoms with Gasteiger partial charge in [-0.15, -0.1) is 0 Å². The van der Waals surface area contributed by atoms with Crippen LogP contribution in [0.4, 0.5) is 13.2 Å². The van der Waals surface area contributed by atoms with Gasteiger partial charge in [0, 0.05) is 24.1 Å². The van der Waals surface area contributed by atoms with Gasteiger partial charge in [-0.25, -0.2) is 8.78 Å². The lowest BCUT2D eigenvalue weighted by atomic mass is 9.86. The Balaban J connectivity index is 1.40. The predicted molar refractivity (Wildman–Crippen MR) is 137 cm³/mol. The third kappa shape index (κ3) is 5.05. The van der Waals surface area contributed by atoms with Crippen molar-refractivity contribution in [3.63, 3.8) is 0 Å². The van der Waals surface area contributed by atoms with Crippen LogP contribution in [0.15, 0.2) is 60.7 Å². The average molecular weight is 510 g/mol. The predicted octanol–water partition coefficient (Wildman–Crippen LogP) is 6.79. The molecule has 0 aromatic heterocycles. The van der Waals surface area contributed by atoms with Crippen molar-refractivity contribution in [2.24, 2.45) is 5.92 Å². The number of benzene rings is 3. The maximum absolute atomic E-state index is 14.9. The van der Waals surface area contributed by atoms with Crippen molar-refractivity contribution in [2.75, 3.05) is 26.4 Å². The van der Waals surface area contributed by atoms with E-state index in [0.29, 0.717) is 34.8 Å². The van der Waals surface area contributed by atoms with Crippen LogP contribution in [0.25, 0.3) is 11.1 Å². The Morgan fingerprint density at radius 3 is 2.46 bits per heavy atom. The summed E-state index contributed by atoms with van der Waals surface area (Å²) in [5, 5.41) is 9.95. The third-order valence-corrected chi connectivity index (χ3v) is 7.36. The summed E-state index contributed by atoms with van der Waals surface area (Å²) in [6, 6.07) is 16.5. The summed E-state index contributed by atoms with van der Waals surface area (Å²) in [7, 11) is 0. The van der Waals surface area contributed by atoms with Crippen LogP contribution in [-0.2, 0) is 0 Å². The van der Waals surface area contributed by atoms with E-state index in [4.69, 9.17) is 9.47 Å². The van der Waals surface area contributed by atoms with Gasteiger partial charge in [0.2, 0.25) is 0 Å². The summed E-state index contributed by atoms with van der Waals surface area (Å²) in [5.74, 6) is -0.427. The van der Waals surface area contributed by atoms with E-state index in [2.05, 4.69) is 11.8 Å². The number of hydrogen-bond acceptors (Lipinski definition) is 4. The topological polar surface area (TPSA) is 41.9 Å². The van der Waals surface area contributed by atoms with Crippen molar-refractivity contribution in [1.82, 2.24) is 4.90 Å². The minimum atomic E-state index is -0.748. The minimum absolute atomic E-state index is 0.117. The van der Waals surface area contributed by atoms with Gasteiger partial charge in [0.25, 0.3) is 0 Å². The molecule has 0 saturated carbocycles. The lowest BCUT2D eigenvalue weighted by molar-refractivity contribution is 0.165. The zero-order chi connectivity index (χ0) is 26.1. The molecule has 5 rings (SSSR count). The van der Waals surface area contributed by atoms with Crippen LogP contribution < -0.4 is 9.47 Å². The van der Waals surface area contributed by atoms with E-state index in [-0.39, 0.29) is 30.0 Å². The van der Waals surface area contributed by atoms with Gasteiger partial charge in [0.1, 0.15) is 30.0 Å². The summed E-state index contributed by atoms with van der Waals surface area (Å²) >= 11 is 0. The lowest BCUT2D eigenvalue weighted by Gasteiger charge is -2.31. The molecule has 3 aromatic carbocycles. The highest BCUT2D eigenvalue weighted by Crippen LogP contribution is 2.48. The molecule has 0 radical (unpaired) electrons. The Labute approximate surface area is 215 Å². The van der Waals surface area contributed by atoms with Gasteiger partial charge in [-0.05, 0) is 79.9 Å². The molecular weight excluding hydrogens is 479 g/mol. The van der Waals surface area contributed by atoms with Crippen molar-refractivity contribution in [2.45, 2.75) is 32.4 Å². The normalized spacial score (nSPS) is 20.5. The lowest BCUT2D eigenvalue weighted by Crippen LogP contribution is -2.35. The molecule has 0 amide bonds. The van der Waals surface area contributed by atoms with Crippen LogP contribution >= 0.6 is 0 Å². The van der Waals surface area contributed by atoms with Crippen molar-refractivity contribution in [3.05, 3.63) is 89.0 Å². The molecular formula is C30H30F3NO3. The summed E-state index contributed by atoms with van der Waals surface area (Å²) in [5.41, 5.74) is 3.02. The zero-order valence-electron chi connectivity index (χ0n) is 20.9. The van der Waals surface area contributed by atoms with Crippen LogP contribution in [0.2, 0.25) is 0 Å². The molecule has 4 nitrogen and oxygen atoms in total. The number of aromatic hydroxyl groups is 1. The first-order chi connectivity index (χ1) is 17.9. The number of rotatable bonds is 7. The SMILES string of the molecule is CC1=C(c2ccc(F)cc2)[C@H](c2ccc(OC[C@H](C)N3CC[C@@H](CF)C3)cc2)Oc2ccc(O)c(F)c21. The number of ether oxygens (including phenoxy) is 2. The number of nitrogens with zero attached hydrogens (tertiary/aromatic N) is 1. The molecule has 1 N–H and O–H groups in total. The van der Waals surface area contributed by atoms with E-state index in [1.807, 2.05) is 24.3 Å². The molecule has 0 aliphatic carbocycles. The second-order valence-corrected chi connectivity index (χ2v) is 9.85. The second-order valence-electron chi connectivity index (χ2n) is 9.85. The minimum Gasteiger partial charge on any atom is -0.505 e. The smallest absolute Gasteiger partial charge is 0.176 e. The molecule has 194 valence electrons. The number of allylic oxidation sites excluding steroid dienone is 1. The van der Waals surface area contributed by atoms with Crippen LogP contribution in [0, 0.1) is 17.6 Å². The van der Waals surface area contributed by atoms with Gasteiger partial charge in [-0.2, -0.15) is 0 Å². The Morgan fingerprint density at radius 1 is 1.05 bits per heavy atom. The number of alkyl halides is 1. The quantitative estimate of drug-likeness (QED) is 0.381. The first kappa shape index (κ1) is 25.2. The van der Waals surface area contributed by atoms with Gasteiger partial charge in [0.15, 0.2) is 11.6 Å². The molecule has 2 aliphatic rings. The number of fused-ring (bicyclic) bond motifs is 1. The molecule has 2 heterocycles. The van der Waals surface area contributed by atoms with Crippen LogP contribution in [0.1, 0.15) is 43.1 Å². The number of halogens is 3. The summed E-state index contributed by atoms with van der Waals surface area (Å²) < 4.78 is 53.8. The highest BCUT2D eigenvalue weighted by molar-refractivity contribution is 5.95. The van der Waals surface area contributed by atoms with Crippen LogP contribution in [0.5, 0.6) is 17.2 Å². The van der Waals surface area contributed by atoms with Crippen molar-refractivity contribution in [3.8, 4) is 17.2 Å². The van der Waals surface area contributed by atoms with Crippen molar-refractivity contribution < 1.29 is 27.8 Å². The van der Waals surface area contributed by atoms with Gasteiger partial charge in [-0.1, -0.05) is 24.3 Å². The molecule has 0 unspecified atom stereocenters. The zero-order valence-corrected chi connectivity index (χ0v) is 20.9. The van der Waals surface area contributed by atoms with Crippen LogP contribution in [-0.4, -0.2) is 42.4 Å². The summed E-state index contributed by atoms with van der Waals surface area (Å²) in [6.07, 6.45) is 0.310. The van der Waals surface area contributed by atoms with Gasteiger partial charge in [0.05, 0.1) is 12.2 Å². The van der Waals surface area contributed by atoms with E-state index in [0.717, 1.165) is 25.1 Å². The maximum Gasteiger partial charge on any atom is 0.176 e. The Bertz CT molecular complexity index is 1290. The summed E-state index contributed by atoms with van der Waals surface area (Å²) in [6.45, 7) is 5.72. The fourth-order valence-corrected chi connectivity index (χ4v) is 5.19. The largest absolute Gasteiger partial charge is 0.505 e.